The van der Waals surface area contributed by atoms with Crippen LogP contribution >= 0.6 is 0 Å². The lowest BCUT2D eigenvalue weighted by atomic mass is 10.00. The Morgan fingerprint density at radius 2 is 2.07 bits per heavy atom. The van der Waals surface area contributed by atoms with Crippen LogP contribution in [0.15, 0.2) is 46.2 Å². The Kier molecular flexibility index (Phi) is 4.20. The van der Waals surface area contributed by atoms with Gasteiger partial charge in [-0.25, -0.2) is 14.4 Å². The molecule has 4 aromatic rings. The van der Waals surface area contributed by atoms with Gasteiger partial charge >= 0.3 is 0 Å². The minimum Gasteiger partial charge on any atom is -0.373 e. The predicted octanol–water partition coefficient (Wildman–Crippen LogP) is 1.95. The van der Waals surface area contributed by atoms with Crippen LogP contribution in [0.4, 0.5) is 4.39 Å². The molecule has 0 radical (unpaired) electrons. The Hall–Kier alpha value is -3.40. The lowest BCUT2D eigenvalue weighted by molar-refractivity contribution is 0.107. The second-order valence-corrected chi connectivity index (χ2v) is 7.03. The van der Waals surface area contributed by atoms with Crippen molar-refractivity contribution in [2.24, 2.45) is 7.05 Å². The first-order valence-electron chi connectivity index (χ1n) is 9.15. The van der Waals surface area contributed by atoms with E-state index in [0.29, 0.717) is 41.5 Å². The fourth-order valence-electron chi connectivity index (χ4n) is 3.59. The third-order valence-electron chi connectivity index (χ3n) is 5.10. The summed E-state index contributed by atoms with van der Waals surface area (Å²) >= 11 is 0. The van der Waals surface area contributed by atoms with Crippen molar-refractivity contribution in [2.75, 3.05) is 6.61 Å². The van der Waals surface area contributed by atoms with Gasteiger partial charge in [0.1, 0.15) is 18.7 Å². The normalized spacial score (nSPS) is 19.2. The largest absolute Gasteiger partial charge is 0.373 e. The molecule has 0 spiro atoms. The number of aryl methyl sites for hydroxylation is 1. The number of halogens is 1. The molecule has 1 aliphatic heterocycles. The van der Waals surface area contributed by atoms with Crippen molar-refractivity contribution in [2.45, 2.75) is 25.0 Å². The van der Waals surface area contributed by atoms with E-state index in [2.05, 4.69) is 20.1 Å². The van der Waals surface area contributed by atoms with E-state index in [-0.39, 0.29) is 29.9 Å². The van der Waals surface area contributed by atoms with Crippen LogP contribution in [0.3, 0.4) is 0 Å². The number of hydrogen-bond donors (Lipinski definition) is 0. The zero-order valence-electron chi connectivity index (χ0n) is 15.5. The third kappa shape index (κ3) is 3.11. The molecule has 1 saturated heterocycles. The van der Waals surface area contributed by atoms with Crippen molar-refractivity contribution in [1.82, 2.24) is 29.2 Å². The van der Waals surface area contributed by atoms with E-state index in [0.717, 1.165) is 0 Å². The van der Waals surface area contributed by atoms with Crippen molar-refractivity contribution in [3.05, 3.63) is 70.4 Å². The molecule has 2 atom stereocenters. The molecule has 10 heteroatoms. The topological polar surface area (TPSA) is 101 Å². The third-order valence-corrected chi connectivity index (χ3v) is 5.10. The number of ether oxygens (including phenoxy) is 1. The van der Waals surface area contributed by atoms with Crippen LogP contribution < -0.4 is 5.56 Å². The number of hydrogen-bond acceptors (Lipinski definition) is 7. The summed E-state index contributed by atoms with van der Waals surface area (Å²) in [5.74, 6) is 0.386. The Labute approximate surface area is 163 Å². The SMILES string of the molecule is Cn1cnc2ncn(Cc3nc([C@@H]4CO[C@@H](c5ccccc5F)C4)no3)c(=O)c21. The first-order valence-corrected chi connectivity index (χ1v) is 9.15. The molecule has 0 amide bonds. The molecule has 148 valence electrons. The van der Waals surface area contributed by atoms with Crippen LogP contribution in [-0.2, 0) is 18.3 Å². The zero-order chi connectivity index (χ0) is 20.0. The van der Waals surface area contributed by atoms with E-state index < -0.39 is 0 Å². The highest BCUT2D eigenvalue weighted by Crippen LogP contribution is 2.37. The van der Waals surface area contributed by atoms with E-state index in [9.17, 15) is 9.18 Å². The van der Waals surface area contributed by atoms with Crippen LogP contribution in [0.1, 0.15) is 35.7 Å². The van der Waals surface area contributed by atoms with Gasteiger partial charge in [0, 0.05) is 18.5 Å². The summed E-state index contributed by atoms with van der Waals surface area (Å²) in [4.78, 5) is 25.3. The summed E-state index contributed by atoms with van der Waals surface area (Å²) in [5.41, 5.74) is 1.09. The second kappa shape index (κ2) is 6.89. The molecular formula is C19H17FN6O3. The van der Waals surface area contributed by atoms with E-state index in [1.54, 1.807) is 36.1 Å². The van der Waals surface area contributed by atoms with E-state index in [4.69, 9.17) is 9.26 Å². The van der Waals surface area contributed by atoms with E-state index in [1.165, 1.54) is 17.0 Å². The fraction of sp³-hybridized carbons (Fsp3) is 0.316. The van der Waals surface area contributed by atoms with Crippen molar-refractivity contribution in [3.63, 3.8) is 0 Å². The molecule has 0 bridgehead atoms. The van der Waals surface area contributed by atoms with Gasteiger partial charge in [0.15, 0.2) is 17.0 Å². The number of benzene rings is 1. The molecule has 0 aliphatic carbocycles. The molecular weight excluding hydrogens is 379 g/mol. The molecule has 3 aromatic heterocycles. The minimum absolute atomic E-state index is 0.101. The van der Waals surface area contributed by atoms with Gasteiger partial charge in [0.25, 0.3) is 5.56 Å². The Morgan fingerprint density at radius 3 is 2.93 bits per heavy atom. The monoisotopic (exact) mass is 396 g/mol. The average molecular weight is 396 g/mol. The van der Waals surface area contributed by atoms with Gasteiger partial charge in [-0.1, -0.05) is 23.4 Å². The summed E-state index contributed by atoms with van der Waals surface area (Å²) in [6.45, 7) is 0.477. The maximum absolute atomic E-state index is 14.0. The lowest BCUT2D eigenvalue weighted by Gasteiger charge is -2.10. The summed E-state index contributed by atoms with van der Waals surface area (Å²) < 4.78 is 28.1. The predicted molar refractivity (Wildman–Crippen MR) is 98.6 cm³/mol. The van der Waals surface area contributed by atoms with E-state index >= 15 is 0 Å². The summed E-state index contributed by atoms with van der Waals surface area (Å²) in [6.07, 6.45) is 3.17. The van der Waals surface area contributed by atoms with Gasteiger partial charge in [-0.3, -0.25) is 9.36 Å². The smallest absolute Gasteiger partial charge is 0.280 e. The number of nitrogens with zero attached hydrogens (tertiary/aromatic N) is 6. The van der Waals surface area contributed by atoms with E-state index in [1.807, 2.05) is 0 Å². The Morgan fingerprint density at radius 1 is 1.24 bits per heavy atom. The van der Waals surface area contributed by atoms with Gasteiger partial charge in [0.2, 0.25) is 5.89 Å². The van der Waals surface area contributed by atoms with Crippen molar-refractivity contribution >= 4 is 11.2 Å². The van der Waals surface area contributed by atoms with Gasteiger partial charge in [-0.05, 0) is 12.5 Å². The Bertz CT molecular complexity index is 1250. The highest BCUT2D eigenvalue weighted by atomic mass is 19.1. The van der Waals surface area contributed by atoms with Gasteiger partial charge in [0.05, 0.1) is 19.0 Å². The lowest BCUT2D eigenvalue weighted by Crippen LogP contribution is -2.22. The molecule has 9 nitrogen and oxygen atoms in total. The molecule has 5 rings (SSSR count). The molecule has 0 unspecified atom stereocenters. The molecule has 1 aliphatic rings. The van der Waals surface area contributed by atoms with Gasteiger partial charge < -0.3 is 13.8 Å². The first-order chi connectivity index (χ1) is 14.1. The molecule has 0 N–H and O–H groups in total. The summed E-state index contributed by atoms with van der Waals surface area (Å²) in [6, 6.07) is 6.57. The molecule has 1 fully saturated rings. The number of aromatic nitrogens is 6. The molecule has 29 heavy (non-hydrogen) atoms. The number of imidazole rings is 1. The number of fused-ring (bicyclic) bond motifs is 1. The van der Waals surface area contributed by atoms with Crippen molar-refractivity contribution in [1.29, 1.82) is 0 Å². The average Bonchev–Trinajstić information content (AvgIpc) is 3.45. The standard InChI is InChI=1S/C19H17FN6O3/c1-25-9-21-18-16(25)19(27)26(10-22-18)7-15-23-17(24-29-15)11-6-14(28-8-11)12-4-2-3-5-13(12)20/h2-5,9-11,14H,6-8H2,1H3/t11-,14+/m0/s1. The molecule has 1 aromatic carbocycles. The quantitative estimate of drug-likeness (QED) is 0.520. The van der Waals surface area contributed by atoms with Crippen molar-refractivity contribution in [3.8, 4) is 0 Å². The van der Waals surface area contributed by atoms with Crippen LogP contribution in [0, 0.1) is 5.82 Å². The number of rotatable bonds is 4. The summed E-state index contributed by atoms with van der Waals surface area (Å²) in [5, 5.41) is 4.03. The highest BCUT2D eigenvalue weighted by molar-refractivity contribution is 5.68. The van der Waals surface area contributed by atoms with Crippen LogP contribution in [0.2, 0.25) is 0 Å². The summed E-state index contributed by atoms with van der Waals surface area (Å²) in [7, 11) is 1.74. The van der Waals surface area contributed by atoms with Crippen LogP contribution in [0.25, 0.3) is 11.2 Å². The highest BCUT2D eigenvalue weighted by Gasteiger charge is 2.32. The maximum atomic E-state index is 14.0. The maximum Gasteiger partial charge on any atom is 0.280 e. The second-order valence-electron chi connectivity index (χ2n) is 7.03. The van der Waals surface area contributed by atoms with Crippen molar-refractivity contribution < 1.29 is 13.7 Å². The minimum atomic E-state index is -0.345. The molecule has 0 saturated carbocycles. The van der Waals surface area contributed by atoms with Gasteiger partial charge in [-0.15, -0.1) is 0 Å². The molecule has 4 heterocycles. The first kappa shape index (κ1) is 17.7. The van der Waals surface area contributed by atoms with Crippen LogP contribution in [-0.4, -0.2) is 35.8 Å². The fourth-order valence-corrected chi connectivity index (χ4v) is 3.59. The van der Waals surface area contributed by atoms with Crippen LogP contribution in [0.5, 0.6) is 0 Å². The Balaban J connectivity index is 1.34. The zero-order valence-corrected chi connectivity index (χ0v) is 15.5. The van der Waals surface area contributed by atoms with Gasteiger partial charge in [-0.2, -0.15) is 4.98 Å².